The van der Waals surface area contributed by atoms with Gasteiger partial charge in [0.1, 0.15) is 12.4 Å². The molecule has 2 aliphatic heterocycles. The van der Waals surface area contributed by atoms with Crippen molar-refractivity contribution in [2.24, 2.45) is 7.05 Å². The maximum Gasteiger partial charge on any atom is 0.258 e. The lowest BCUT2D eigenvalue weighted by Crippen LogP contribution is -2.31. The van der Waals surface area contributed by atoms with Gasteiger partial charge in [0.25, 0.3) is 5.56 Å². The quantitative estimate of drug-likeness (QED) is 0.428. The maximum atomic E-state index is 12.9. The van der Waals surface area contributed by atoms with E-state index in [1.165, 1.54) is 41.5 Å². The van der Waals surface area contributed by atoms with Crippen LogP contribution >= 0.6 is 12.4 Å². The van der Waals surface area contributed by atoms with Crippen LogP contribution in [0.1, 0.15) is 35.7 Å². The second-order valence-corrected chi connectivity index (χ2v) is 8.91. The third-order valence-electron chi connectivity index (χ3n) is 7.08. The summed E-state index contributed by atoms with van der Waals surface area (Å²) >= 11 is 0. The first-order valence-corrected chi connectivity index (χ1v) is 11.4. The summed E-state index contributed by atoms with van der Waals surface area (Å²) in [6.45, 7) is 2.82. The van der Waals surface area contributed by atoms with Crippen LogP contribution in [0, 0.1) is 0 Å². The van der Waals surface area contributed by atoms with Crippen LogP contribution < -0.4 is 10.3 Å². The highest BCUT2D eigenvalue weighted by molar-refractivity contribution is 5.88. The Balaban J connectivity index is 0.00000228. The molecule has 0 amide bonds. The smallest absolute Gasteiger partial charge is 0.258 e. The van der Waals surface area contributed by atoms with Crippen LogP contribution in [0.15, 0.2) is 71.7 Å². The van der Waals surface area contributed by atoms with E-state index in [9.17, 15) is 4.79 Å². The van der Waals surface area contributed by atoms with E-state index in [0.29, 0.717) is 18.4 Å². The Hall–Kier alpha value is -3.02. The summed E-state index contributed by atoms with van der Waals surface area (Å²) in [4.78, 5) is 15.5. The molecule has 0 radical (unpaired) electrons. The molecule has 5 nitrogen and oxygen atoms in total. The number of hydrogen-bond donors (Lipinski definition) is 0. The molecule has 33 heavy (non-hydrogen) atoms. The predicted octanol–water partition coefficient (Wildman–Crippen LogP) is 5.02. The summed E-state index contributed by atoms with van der Waals surface area (Å²) in [5.74, 6) is 0.590. The molecular formula is C27H28ClN3O2. The van der Waals surface area contributed by atoms with Gasteiger partial charge in [0.15, 0.2) is 0 Å². The normalized spacial score (nSPS) is 17.4. The Morgan fingerprint density at radius 2 is 1.88 bits per heavy atom. The van der Waals surface area contributed by atoms with Gasteiger partial charge in [-0.25, -0.2) is 0 Å². The first-order chi connectivity index (χ1) is 15.7. The molecule has 170 valence electrons. The highest BCUT2D eigenvalue weighted by atomic mass is 35.5. The average Bonchev–Trinajstić information content (AvgIpc) is 3.41. The molecule has 1 atom stereocenters. The van der Waals surface area contributed by atoms with E-state index in [0.717, 1.165) is 24.2 Å². The molecule has 0 N–H and O–H groups in total. The minimum Gasteiger partial charge on any atom is -0.489 e. The Morgan fingerprint density at radius 1 is 1.03 bits per heavy atom. The first kappa shape index (κ1) is 21.8. The van der Waals surface area contributed by atoms with Crippen molar-refractivity contribution in [3.8, 4) is 11.4 Å². The topological polar surface area (TPSA) is 39.4 Å². The molecule has 6 heteroatoms. The third-order valence-corrected chi connectivity index (χ3v) is 7.08. The van der Waals surface area contributed by atoms with Gasteiger partial charge < -0.3 is 9.30 Å². The number of aryl methyl sites for hydroxylation is 1. The Bertz CT molecular complexity index is 1360. The minimum atomic E-state index is -0.0872. The fourth-order valence-electron chi connectivity index (χ4n) is 5.52. The largest absolute Gasteiger partial charge is 0.489 e. The van der Waals surface area contributed by atoms with Gasteiger partial charge in [-0.3, -0.25) is 14.3 Å². The highest BCUT2D eigenvalue weighted by Crippen LogP contribution is 2.41. The van der Waals surface area contributed by atoms with Crippen LogP contribution in [0.2, 0.25) is 0 Å². The zero-order valence-corrected chi connectivity index (χ0v) is 19.6. The molecule has 2 aliphatic rings. The number of fused-ring (bicyclic) bond motifs is 5. The number of hydrogen-bond acceptors (Lipinski definition) is 3. The van der Waals surface area contributed by atoms with Crippen LogP contribution in [0.5, 0.6) is 5.75 Å². The van der Waals surface area contributed by atoms with Gasteiger partial charge in [-0.15, -0.1) is 12.4 Å². The van der Waals surface area contributed by atoms with Gasteiger partial charge in [-0.05, 0) is 55.1 Å². The van der Waals surface area contributed by atoms with Gasteiger partial charge in [-0.2, -0.15) is 0 Å². The second kappa shape index (κ2) is 8.73. The van der Waals surface area contributed by atoms with Gasteiger partial charge in [-0.1, -0.05) is 36.4 Å². The molecule has 2 aromatic heterocycles. The van der Waals surface area contributed by atoms with Crippen LogP contribution in [0.4, 0.5) is 0 Å². The summed E-state index contributed by atoms with van der Waals surface area (Å²) in [7, 11) is 2.18. The van der Waals surface area contributed by atoms with Gasteiger partial charge in [0.05, 0.1) is 17.2 Å². The van der Waals surface area contributed by atoms with E-state index in [1.54, 1.807) is 10.6 Å². The molecule has 0 bridgehead atoms. The van der Waals surface area contributed by atoms with Crippen molar-refractivity contribution in [2.45, 2.75) is 31.9 Å². The zero-order chi connectivity index (χ0) is 21.7. The van der Waals surface area contributed by atoms with E-state index in [2.05, 4.69) is 34.7 Å². The molecule has 0 spiro atoms. The first-order valence-electron chi connectivity index (χ1n) is 11.4. The van der Waals surface area contributed by atoms with Crippen molar-refractivity contribution in [3.63, 3.8) is 0 Å². The lowest BCUT2D eigenvalue weighted by molar-refractivity contribution is 0.236. The molecular weight excluding hydrogens is 434 g/mol. The summed E-state index contributed by atoms with van der Waals surface area (Å²) in [5, 5.41) is 1.33. The summed E-state index contributed by atoms with van der Waals surface area (Å²) in [5.41, 5.74) is 6.05. The van der Waals surface area contributed by atoms with E-state index < -0.39 is 0 Å². The second-order valence-electron chi connectivity index (χ2n) is 8.91. The number of ether oxygens (including phenoxy) is 1. The highest BCUT2D eigenvalue weighted by Gasteiger charge is 2.34. The van der Waals surface area contributed by atoms with Crippen molar-refractivity contribution in [1.82, 2.24) is 14.0 Å². The van der Waals surface area contributed by atoms with Crippen LogP contribution in [-0.4, -0.2) is 27.1 Å². The summed E-state index contributed by atoms with van der Waals surface area (Å²) < 4.78 is 9.88. The van der Waals surface area contributed by atoms with Crippen LogP contribution in [-0.2, 0) is 20.1 Å². The molecule has 0 aliphatic carbocycles. The van der Waals surface area contributed by atoms with E-state index in [1.807, 2.05) is 42.6 Å². The van der Waals surface area contributed by atoms with Crippen molar-refractivity contribution in [1.29, 1.82) is 0 Å². The molecule has 1 unspecified atom stereocenters. The van der Waals surface area contributed by atoms with Crippen molar-refractivity contribution < 1.29 is 4.74 Å². The number of pyridine rings is 1. The van der Waals surface area contributed by atoms with Crippen LogP contribution in [0.3, 0.4) is 0 Å². The summed E-state index contributed by atoms with van der Waals surface area (Å²) in [6.07, 6.45) is 5.44. The van der Waals surface area contributed by atoms with Crippen molar-refractivity contribution in [2.75, 3.05) is 13.1 Å². The molecule has 6 rings (SSSR count). The molecule has 1 fully saturated rings. The van der Waals surface area contributed by atoms with E-state index in [4.69, 9.17) is 4.74 Å². The van der Waals surface area contributed by atoms with Crippen LogP contribution in [0.25, 0.3) is 16.6 Å². The van der Waals surface area contributed by atoms with Gasteiger partial charge in [0, 0.05) is 36.9 Å². The lowest BCUT2D eigenvalue weighted by Gasteiger charge is -2.30. The van der Waals surface area contributed by atoms with Gasteiger partial charge in [0.2, 0.25) is 0 Å². The lowest BCUT2D eigenvalue weighted by atomic mass is 9.97. The minimum absolute atomic E-state index is 0. The molecule has 2 aromatic carbocycles. The number of halogens is 1. The zero-order valence-electron chi connectivity index (χ0n) is 18.7. The number of nitrogens with zero attached hydrogens (tertiary/aromatic N) is 3. The van der Waals surface area contributed by atoms with E-state index in [-0.39, 0.29) is 18.0 Å². The fraction of sp³-hybridized carbons (Fsp3) is 0.296. The number of rotatable bonds is 4. The number of aromatic nitrogens is 2. The maximum absolute atomic E-state index is 12.9. The van der Waals surface area contributed by atoms with Crippen molar-refractivity contribution in [3.05, 3.63) is 94.0 Å². The molecule has 1 saturated heterocycles. The third kappa shape index (κ3) is 3.75. The fourth-order valence-corrected chi connectivity index (χ4v) is 5.52. The van der Waals surface area contributed by atoms with Gasteiger partial charge >= 0.3 is 0 Å². The standard InChI is InChI=1S/C27H27N3O2.ClH/c1-28-25-16-20(9-10-22(25)23-12-14-29-13-5-8-24(29)27(23)28)30-15-11-21(17-26(30)31)32-18-19-6-3-2-4-7-19;/h2-4,6-7,9-11,15-17,24H,5,8,12-14,18H2,1H3;1H. The summed E-state index contributed by atoms with van der Waals surface area (Å²) in [6, 6.07) is 20.4. The monoisotopic (exact) mass is 461 g/mol. The Labute approximate surface area is 199 Å². The SMILES string of the molecule is Cl.Cn1c2c(c3ccc(-n4ccc(OCc5ccccc5)cc4=O)cc31)CCN1CCCC21. The predicted molar refractivity (Wildman–Crippen MR) is 134 cm³/mol. The Morgan fingerprint density at radius 3 is 2.70 bits per heavy atom. The molecule has 4 heterocycles. The molecule has 4 aromatic rings. The molecule has 0 saturated carbocycles. The van der Waals surface area contributed by atoms with Crippen molar-refractivity contribution >= 4 is 23.3 Å². The number of benzene rings is 2. The van der Waals surface area contributed by atoms with E-state index >= 15 is 0 Å². The Kier molecular flexibility index (Phi) is 5.77. The average molecular weight is 462 g/mol.